The van der Waals surface area contributed by atoms with E-state index >= 15 is 0 Å². The second-order valence-corrected chi connectivity index (χ2v) is 9.23. The number of aromatic nitrogens is 2. The summed E-state index contributed by atoms with van der Waals surface area (Å²) in [5, 5.41) is 20.8. The molecular formula is C29H25N3O7. The topological polar surface area (TPSA) is 142 Å². The van der Waals surface area contributed by atoms with Crippen molar-refractivity contribution in [3.8, 4) is 11.5 Å². The Morgan fingerprint density at radius 2 is 1.72 bits per heavy atom. The number of amides is 1. The zero-order valence-electron chi connectivity index (χ0n) is 21.3. The van der Waals surface area contributed by atoms with Gasteiger partial charge in [0, 0.05) is 5.56 Å². The minimum Gasteiger partial charge on any atom is -0.507 e. The summed E-state index contributed by atoms with van der Waals surface area (Å²) in [5.74, 6) is -2.17. The number of aromatic amines is 1. The van der Waals surface area contributed by atoms with Gasteiger partial charge in [-0.1, -0.05) is 24.3 Å². The van der Waals surface area contributed by atoms with Gasteiger partial charge in [-0.2, -0.15) is 0 Å². The molecule has 3 N–H and O–H groups in total. The zero-order chi connectivity index (χ0) is 27.8. The van der Waals surface area contributed by atoms with Gasteiger partial charge in [-0.3, -0.25) is 14.5 Å². The summed E-state index contributed by atoms with van der Waals surface area (Å²) in [6.07, 6.45) is -0.109. The van der Waals surface area contributed by atoms with Gasteiger partial charge in [0.2, 0.25) is 5.95 Å². The number of benzene rings is 3. The molecule has 1 atom stereocenters. The number of methoxy groups -OCH3 is 1. The van der Waals surface area contributed by atoms with E-state index < -0.39 is 23.7 Å². The number of carboxylic acids is 1. The van der Waals surface area contributed by atoms with Crippen LogP contribution in [0.25, 0.3) is 16.8 Å². The van der Waals surface area contributed by atoms with Crippen molar-refractivity contribution in [3.05, 3.63) is 89.0 Å². The standard InChI is InChI=1S/C29H25N3O7/c1-15(2)39-20-6-4-5-17(13-20)25(33)23-24(16-7-10-19(38-3)11-8-16)32(27(35)26(23)34)29-30-21-12-9-18(28(36)37)14-22(21)31-29/h4-15,24,33H,1-3H3,(H,30,31)(H,36,37)/b25-23+. The molecule has 198 valence electrons. The number of imidazole rings is 1. The molecule has 10 heteroatoms. The number of nitrogens with one attached hydrogen (secondary N) is 1. The number of ether oxygens (including phenoxy) is 2. The number of aliphatic hydroxyl groups is 1. The van der Waals surface area contributed by atoms with E-state index in [1.807, 2.05) is 13.8 Å². The van der Waals surface area contributed by atoms with Crippen molar-refractivity contribution in [1.29, 1.82) is 0 Å². The number of aliphatic hydroxyl groups excluding tert-OH is 1. The molecule has 1 saturated heterocycles. The third-order valence-corrected chi connectivity index (χ3v) is 6.30. The molecule has 4 aromatic rings. The maximum absolute atomic E-state index is 13.5. The number of aromatic carboxylic acids is 1. The number of carboxylic acid groups (broad SMARTS) is 1. The van der Waals surface area contributed by atoms with Gasteiger partial charge in [-0.05, 0) is 61.9 Å². The monoisotopic (exact) mass is 527 g/mol. The molecule has 0 spiro atoms. The number of Topliss-reactive ketones (excluding diaryl/α,β-unsaturated/α-hetero) is 1. The van der Waals surface area contributed by atoms with Crippen molar-refractivity contribution in [2.45, 2.75) is 26.0 Å². The van der Waals surface area contributed by atoms with Crippen LogP contribution < -0.4 is 14.4 Å². The molecule has 1 fully saturated rings. The Balaban J connectivity index is 1.68. The second kappa shape index (κ2) is 9.97. The smallest absolute Gasteiger partial charge is 0.335 e. The SMILES string of the molecule is COc1ccc(C2/C(=C(\O)c3cccc(OC(C)C)c3)C(=O)C(=O)N2c2nc3ccc(C(=O)O)cc3[nH]2)cc1. The van der Waals surface area contributed by atoms with E-state index in [1.165, 1.54) is 30.2 Å². The quantitative estimate of drug-likeness (QED) is 0.179. The number of anilines is 1. The first-order valence-electron chi connectivity index (χ1n) is 12.1. The molecule has 10 nitrogen and oxygen atoms in total. The Morgan fingerprint density at radius 1 is 0.974 bits per heavy atom. The van der Waals surface area contributed by atoms with Crippen LogP contribution in [0.15, 0.2) is 72.3 Å². The summed E-state index contributed by atoms with van der Waals surface area (Å²) in [6, 6.07) is 16.7. The number of fused-ring (bicyclic) bond motifs is 1. The van der Waals surface area contributed by atoms with Crippen LogP contribution in [-0.4, -0.2) is 51.1 Å². The fraction of sp³-hybridized carbons (Fsp3) is 0.172. The molecule has 1 aliphatic rings. The summed E-state index contributed by atoms with van der Waals surface area (Å²) in [4.78, 5) is 46.9. The lowest BCUT2D eigenvalue weighted by atomic mass is 9.95. The maximum atomic E-state index is 13.5. The molecule has 5 rings (SSSR count). The largest absolute Gasteiger partial charge is 0.507 e. The highest BCUT2D eigenvalue weighted by molar-refractivity contribution is 6.51. The number of nitrogens with zero attached hydrogens (tertiary/aromatic N) is 2. The van der Waals surface area contributed by atoms with Gasteiger partial charge in [0.05, 0.1) is 41.4 Å². The summed E-state index contributed by atoms with van der Waals surface area (Å²) in [6.45, 7) is 3.74. The minimum absolute atomic E-state index is 0.0337. The summed E-state index contributed by atoms with van der Waals surface area (Å²) < 4.78 is 11.0. The van der Waals surface area contributed by atoms with Crippen molar-refractivity contribution < 1.29 is 34.1 Å². The number of H-pyrrole nitrogens is 1. The molecule has 1 unspecified atom stereocenters. The molecule has 1 aliphatic heterocycles. The predicted molar refractivity (Wildman–Crippen MR) is 143 cm³/mol. The highest BCUT2D eigenvalue weighted by atomic mass is 16.5. The van der Waals surface area contributed by atoms with Crippen LogP contribution in [0.1, 0.15) is 41.4 Å². The number of rotatable bonds is 7. The minimum atomic E-state index is -1.12. The first-order valence-corrected chi connectivity index (χ1v) is 12.1. The van der Waals surface area contributed by atoms with Crippen molar-refractivity contribution >= 4 is 40.4 Å². The molecule has 1 amide bonds. The van der Waals surface area contributed by atoms with Crippen LogP contribution >= 0.6 is 0 Å². The first kappa shape index (κ1) is 25.5. The Hall–Kier alpha value is -5.12. The number of ketones is 1. The summed E-state index contributed by atoms with van der Waals surface area (Å²) >= 11 is 0. The van der Waals surface area contributed by atoms with Crippen LogP contribution in [0, 0.1) is 0 Å². The number of carbonyl (C=O) groups excluding carboxylic acids is 2. The summed E-state index contributed by atoms with van der Waals surface area (Å²) in [5.41, 5.74) is 1.52. The Kier molecular flexibility index (Phi) is 6.53. The fourth-order valence-corrected chi connectivity index (χ4v) is 4.54. The Morgan fingerprint density at radius 3 is 2.38 bits per heavy atom. The molecule has 1 aromatic heterocycles. The van der Waals surface area contributed by atoms with Gasteiger partial charge in [-0.15, -0.1) is 0 Å². The van der Waals surface area contributed by atoms with Crippen molar-refractivity contribution in [2.24, 2.45) is 0 Å². The molecule has 39 heavy (non-hydrogen) atoms. The lowest BCUT2D eigenvalue weighted by Gasteiger charge is -2.23. The van der Waals surface area contributed by atoms with Gasteiger partial charge in [0.15, 0.2) is 0 Å². The van der Waals surface area contributed by atoms with E-state index in [0.717, 1.165) is 0 Å². The normalized spacial score (nSPS) is 16.7. The van der Waals surface area contributed by atoms with Crippen LogP contribution in [0.5, 0.6) is 11.5 Å². The van der Waals surface area contributed by atoms with E-state index in [0.29, 0.717) is 33.7 Å². The Bertz CT molecular complexity index is 1640. The van der Waals surface area contributed by atoms with Gasteiger partial charge in [0.25, 0.3) is 5.78 Å². The molecule has 0 aliphatic carbocycles. The first-order chi connectivity index (χ1) is 18.7. The molecule has 0 saturated carbocycles. The van der Waals surface area contributed by atoms with Crippen LogP contribution in [0.4, 0.5) is 5.95 Å². The van der Waals surface area contributed by atoms with E-state index in [9.17, 15) is 24.6 Å². The number of hydrogen-bond acceptors (Lipinski definition) is 7. The van der Waals surface area contributed by atoms with E-state index in [2.05, 4.69) is 9.97 Å². The number of carbonyl (C=O) groups is 3. The maximum Gasteiger partial charge on any atom is 0.335 e. The lowest BCUT2D eigenvalue weighted by molar-refractivity contribution is -0.132. The third-order valence-electron chi connectivity index (χ3n) is 6.30. The highest BCUT2D eigenvalue weighted by Gasteiger charge is 2.48. The summed E-state index contributed by atoms with van der Waals surface area (Å²) in [7, 11) is 1.52. The molecule has 3 aromatic carbocycles. The van der Waals surface area contributed by atoms with Crippen LogP contribution in [-0.2, 0) is 9.59 Å². The molecule has 2 heterocycles. The van der Waals surface area contributed by atoms with E-state index in [-0.39, 0.29) is 28.9 Å². The number of hydrogen-bond donors (Lipinski definition) is 3. The van der Waals surface area contributed by atoms with E-state index in [1.54, 1.807) is 48.5 Å². The van der Waals surface area contributed by atoms with Crippen LogP contribution in [0.2, 0.25) is 0 Å². The molecular weight excluding hydrogens is 502 g/mol. The zero-order valence-corrected chi connectivity index (χ0v) is 21.3. The van der Waals surface area contributed by atoms with Crippen molar-refractivity contribution in [2.75, 3.05) is 12.0 Å². The van der Waals surface area contributed by atoms with Crippen LogP contribution in [0.3, 0.4) is 0 Å². The molecule has 0 radical (unpaired) electrons. The second-order valence-electron chi connectivity index (χ2n) is 9.23. The van der Waals surface area contributed by atoms with Gasteiger partial charge in [-0.25, -0.2) is 9.78 Å². The van der Waals surface area contributed by atoms with Gasteiger partial charge in [0.1, 0.15) is 17.3 Å². The third kappa shape index (κ3) is 4.68. The highest BCUT2D eigenvalue weighted by Crippen LogP contribution is 2.42. The van der Waals surface area contributed by atoms with Gasteiger partial charge < -0.3 is 24.7 Å². The average molecular weight is 528 g/mol. The van der Waals surface area contributed by atoms with Crippen molar-refractivity contribution in [1.82, 2.24) is 9.97 Å². The van der Waals surface area contributed by atoms with E-state index in [4.69, 9.17) is 9.47 Å². The Labute approximate surface area is 223 Å². The van der Waals surface area contributed by atoms with Crippen molar-refractivity contribution in [3.63, 3.8) is 0 Å². The molecule has 0 bridgehead atoms. The average Bonchev–Trinajstić information content (AvgIpc) is 3.45. The lowest BCUT2D eigenvalue weighted by Crippen LogP contribution is -2.30. The van der Waals surface area contributed by atoms with Gasteiger partial charge >= 0.3 is 11.9 Å². The predicted octanol–water partition coefficient (Wildman–Crippen LogP) is 4.68. The fourth-order valence-electron chi connectivity index (χ4n) is 4.54.